The molecule has 1 rings (SSSR count). The maximum Gasteiger partial charge on any atom is 0.122 e. The lowest BCUT2D eigenvalue weighted by atomic mass is 10.0. The zero-order valence-electron chi connectivity index (χ0n) is 14.1. The Hall–Kier alpha value is -1.10. The van der Waals surface area contributed by atoms with E-state index in [1.165, 1.54) is 5.56 Å². The van der Waals surface area contributed by atoms with Gasteiger partial charge < -0.3 is 14.8 Å². The quantitative estimate of drug-likeness (QED) is 0.671. The van der Waals surface area contributed by atoms with Crippen molar-refractivity contribution >= 4 is 0 Å². The maximum absolute atomic E-state index is 5.43. The van der Waals surface area contributed by atoms with Gasteiger partial charge in [-0.05, 0) is 38.9 Å². The Morgan fingerprint density at radius 2 is 1.86 bits per heavy atom. The minimum atomic E-state index is 0.459. The van der Waals surface area contributed by atoms with E-state index in [2.05, 4.69) is 43.2 Å². The SMILES string of the molecule is COCCNCC(C)N(C)C(C)Cc1ccccc1OC. The van der Waals surface area contributed by atoms with E-state index in [0.717, 1.165) is 31.9 Å². The first-order chi connectivity index (χ1) is 10.1. The molecule has 0 saturated heterocycles. The van der Waals surface area contributed by atoms with Crippen molar-refractivity contribution in [2.45, 2.75) is 32.4 Å². The number of hydrogen-bond acceptors (Lipinski definition) is 4. The number of nitrogens with zero attached hydrogens (tertiary/aromatic N) is 1. The van der Waals surface area contributed by atoms with Gasteiger partial charge in [0.1, 0.15) is 5.75 Å². The Kier molecular flexibility index (Phi) is 8.35. The van der Waals surface area contributed by atoms with Gasteiger partial charge in [0.05, 0.1) is 13.7 Å². The van der Waals surface area contributed by atoms with Crippen molar-refractivity contribution in [3.63, 3.8) is 0 Å². The van der Waals surface area contributed by atoms with Gasteiger partial charge in [0.2, 0.25) is 0 Å². The molecule has 0 bridgehead atoms. The summed E-state index contributed by atoms with van der Waals surface area (Å²) in [6.07, 6.45) is 0.989. The number of likely N-dealkylation sites (N-methyl/N-ethyl adjacent to an activating group) is 1. The Balaban J connectivity index is 2.47. The van der Waals surface area contributed by atoms with Crippen molar-refractivity contribution in [3.05, 3.63) is 29.8 Å². The molecule has 1 aromatic carbocycles. The number of para-hydroxylation sites is 1. The average molecular weight is 294 g/mol. The molecule has 0 heterocycles. The second-order valence-corrected chi connectivity index (χ2v) is 5.58. The smallest absolute Gasteiger partial charge is 0.122 e. The Labute approximate surface area is 129 Å². The van der Waals surface area contributed by atoms with Crippen LogP contribution in [0.25, 0.3) is 0 Å². The van der Waals surface area contributed by atoms with E-state index < -0.39 is 0 Å². The fourth-order valence-corrected chi connectivity index (χ4v) is 2.40. The molecule has 1 N–H and O–H groups in total. The van der Waals surface area contributed by atoms with Crippen molar-refractivity contribution in [3.8, 4) is 5.75 Å². The molecule has 0 aromatic heterocycles. The number of nitrogens with one attached hydrogen (secondary N) is 1. The summed E-state index contributed by atoms with van der Waals surface area (Å²) in [6, 6.07) is 9.19. The molecule has 0 aliphatic rings. The van der Waals surface area contributed by atoms with Gasteiger partial charge in [-0.3, -0.25) is 4.90 Å². The highest BCUT2D eigenvalue weighted by Crippen LogP contribution is 2.20. The van der Waals surface area contributed by atoms with Crippen molar-refractivity contribution < 1.29 is 9.47 Å². The standard InChI is InChI=1S/C17H30N2O2/c1-14(12-16-8-6-7-9-17(16)21-5)19(3)15(2)13-18-10-11-20-4/h6-9,14-15,18H,10-13H2,1-5H3. The molecule has 0 aliphatic heterocycles. The number of methoxy groups -OCH3 is 2. The number of hydrogen-bond donors (Lipinski definition) is 1. The fourth-order valence-electron chi connectivity index (χ4n) is 2.40. The predicted molar refractivity (Wildman–Crippen MR) is 88.1 cm³/mol. The third-order valence-corrected chi connectivity index (χ3v) is 4.02. The molecule has 4 nitrogen and oxygen atoms in total. The molecule has 0 fully saturated rings. The maximum atomic E-state index is 5.43. The third-order valence-electron chi connectivity index (χ3n) is 4.02. The highest BCUT2D eigenvalue weighted by Gasteiger charge is 2.17. The molecule has 4 heteroatoms. The van der Waals surface area contributed by atoms with Gasteiger partial charge in [-0.2, -0.15) is 0 Å². The first-order valence-electron chi connectivity index (χ1n) is 7.63. The highest BCUT2D eigenvalue weighted by atomic mass is 16.5. The summed E-state index contributed by atoms with van der Waals surface area (Å²) in [7, 11) is 5.64. The fraction of sp³-hybridized carbons (Fsp3) is 0.647. The third kappa shape index (κ3) is 6.04. The summed E-state index contributed by atoms with van der Waals surface area (Å²) in [5.41, 5.74) is 1.26. The number of benzene rings is 1. The first-order valence-corrected chi connectivity index (χ1v) is 7.63. The van der Waals surface area contributed by atoms with E-state index in [-0.39, 0.29) is 0 Å². The number of rotatable bonds is 10. The van der Waals surface area contributed by atoms with Gasteiger partial charge in [0.25, 0.3) is 0 Å². The minimum Gasteiger partial charge on any atom is -0.496 e. The van der Waals surface area contributed by atoms with Gasteiger partial charge in [0, 0.05) is 32.3 Å². The lowest BCUT2D eigenvalue weighted by Gasteiger charge is -2.31. The Morgan fingerprint density at radius 1 is 1.14 bits per heavy atom. The second kappa shape index (κ2) is 9.77. The van der Waals surface area contributed by atoms with Crippen LogP contribution in [0.5, 0.6) is 5.75 Å². The molecule has 2 unspecified atom stereocenters. The van der Waals surface area contributed by atoms with E-state index in [9.17, 15) is 0 Å². The van der Waals surface area contributed by atoms with Crippen molar-refractivity contribution in [2.24, 2.45) is 0 Å². The summed E-state index contributed by atoms with van der Waals surface area (Å²) in [6.45, 7) is 7.13. The monoisotopic (exact) mass is 294 g/mol. The molecule has 1 aromatic rings. The molecule has 120 valence electrons. The molecule has 0 amide bonds. The van der Waals surface area contributed by atoms with Gasteiger partial charge in [-0.25, -0.2) is 0 Å². The summed E-state index contributed by atoms with van der Waals surface area (Å²) in [5.74, 6) is 0.976. The molecular formula is C17H30N2O2. The summed E-state index contributed by atoms with van der Waals surface area (Å²) in [5, 5.41) is 3.42. The predicted octanol–water partition coefficient (Wildman–Crippen LogP) is 2.18. The van der Waals surface area contributed by atoms with E-state index in [0.29, 0.717) is 12.1 Å². The zero-order chi connectivity index (χ0) is 15.7. The van der Waals surface area contributed by atoms with E-state index in [1.807, 2.05) is 12.1 Å². The van der Waals surface area contributed by atoms with Crippen LogP contribution in [0.1, 0.15) is 19.4 Å². The lowest BCUT2D eigenvalue weighted by Crippen LogP contribution is -2.44. The molecule has 21 heavy (non-hydrogen) atoms. The van der Waals surface area contributed by atoms with Crippen molar-refractivity contribution in [1.82, 2.24) is 10.2 Å². The summed E-state index contributed by atoms with van der Waals surface area (Å²) >= 11 is 0. The lowest BCUT2D eigenvalue weighted by molar-refractivity contribution is 0.175. The van der Waals surface area contributed by atoms with Crippen LogP contribution in [0.2, 0.25) is 0 Å². The largest absolute Gasteiger partial charge is 0.496 e. The van der Waals surface area contributed by atoms with Crippen LogP contribution in [0.4, 0.5) is 0 Å². The Morgan fingerprint density at radius 3 is 2.52 bits per heavy atom. The van der Waals surface area contributed by atoms with Gasteiger partial charge in [0.15, 0.2) is 0 Å². The zero-order valence-corrected chi connectivity index (χ0v) is 14.1. The van der Waals surface area contributed by atoms with Gasteiger partial charge >= 0.3 is 0 Å². The van der Waals surface area contributed by atoms with Crippen LogP contribution in [0.15, 0.2) is 24.3 Å². The average Bonchev–Trinajstić information content (AvgIpc) is 2.51. The van der Waals surface area contributed by atoms with Gasteiger partial charge in [-0.15, -0.1) is 0 Å². The summed E-state index contributed by atoms with van der Waals surface area (Å²) in [4.78, 5) is 2.41. The molecule has 0 saturated carbocycles. The van der Waals surface area contributed by atoms with E-state index in [1.54, 1.807) is 14.2 Å². The van der Waals surface area contributed by atoms with E-state index in [4.69, 9.17) is 9.47 Å². The molecular weight excluding hydrogens is 264 g/mol. The van der Waals surface area contributed by atoms with Crippen LogP contribution < -0.4 is 10.1 Å². The number of ether oxygens (including phenoxy) is 2. The molecule has 0 radical (unpaired) electrons. The Bertz CT molecular complexity index is 398. The summed E-state index contributed by atoms with van der Waals surface area (Å²) < 4.78 is 10.5. The van der Waals surface area contributed by atoms with Crippen LogP contribution >= 0.6 is 0 Å². The van der Waals surface area contributed by atoms with Crippen LogP contribution in [-0.4, -0.2) is 57.9 Å². The topological polar surface area (TPSA) is 33.7 Å². The van der Waals surface area contributed by atoms with Gasteiger partial charge in [-0.1, -0.05) is 18.2 Å². The van der Waals surface area contributed by atoms with Crippen LogP contribution in [0, 0.1) is 0 Å². The van der Waals surface area contributed by atoms with Crippen molar-refractivity contribution in [2.75, 3.05) is 41.0 Å². The molecule has 0 spiro atoms. The van der Waals surface area contributed by atoms with Crippen molar-refractivity contribution in [1.29, 1.82) is 0 Å². The molecule has 0 aliphatic carbocycles. The van der Waals surface area contributed by atoms with Crippen LogP contribution in [0.3, 0.4) is 0 Å². The van der Waals surface area contributed by atoms with Crippen LogP contribution in [-0.2, 0) is 11.2 Å². The highest BCUT2D eigenvalue weighted by molar-refractivity contribution is 5.33. The second-order valence-electron chi connectivity index (χ2n) is 5.58. The van der Waals surface area contributed by atoms with E-state index >= 15 is 0 Å². The molecule has 2 atom stereocenters. The minimum absolute atomic E-state index is 0.459. The first kappa shape index (κ1) is 18.0. The normalized spacial score (nSPS) is 14.2.